The smallest absolute Gasteiger partial charge is 0.372 e. The van der Waals surface area contributed by atoms with E-state index in [1.165, 1.54) is 6.42 Å². The van der Waals surface area contributed by atoms with E-state index < -0.39 is 5.97 Å². The van der Waals surface area contributed by atoms with Crippen LogP contribution in [0.15, 0.2) is 0 Å². The maximum Gasteiger partial charge on any atom is 0.372 e. The van der Waals surface area contributed by atoms with E-state index in [0.29, 0.717) is 11.3 Å². The molecule has 0 spiro atoms. The van der Waals surface area contributed by atoms with Crippen LogP contribution in [0.4, 0.5) is 5.82 Å². The number of hydrogen-bond acceptors (Lipinski definition) is 5. The van der Waals surface area contributed by atoms with Crippen molar-refractivity contribution in [2.24, 2.45) is 0 Å². The van der Waals surface area contributed by atoms with Gasteiger partial charge in [0.05, 0.1) is 5.69 Å². The number of nitrogens with zero attached hydrogens (tertiary/aromatic N) is 4. The predicted molar refractivity (Wildman–Crippen MR) is 78.8 cm³/mol. The Bertz CT molecular complexity index is 673. The number of rotatable bonds is 3. The number of aromatic nitrogens is 4. The van der Waals surface area contributed by atoms with Gasteiger partial charge in [0.2, 0.25) is 5.82 Å². The fourth-order valence-electron chi connectivity index (χ4n) is 2.67. The fraction of sp³-hybridized carbons (Fsp3) is 0.571. The molecule has 0 unspecified atom stereocenters. The van der Waals surface area contributed by atoms with Gasteiger partial charge in [-0.3, -0.25) is 0 Å². The van der Waals surface area contributed by atoms with Crippen molar-refractivity contribution in [3.8, 4) is 0 Å². The first-order valence-corrected chi connectivity index (χ1v) is 7.32. The largest absolute Gasteiger partial charge is 0.475 e. The highest BCUT2D eigenvalue weighted by Gasteiger charge is 2.22. The lowest BCUT2D eigenvalue weighted by Gasteiger charge is -2.29. The molecule has 0 atom stereocenters. The third-order valence-corrected chi connectivity index (χ3v) is 3.74. The number of carbonyl (C=O) groups is 1. The number of piperidine rings is 1. The summed E-state index contributed by atoms with van der Waals surface area (Å²) in [6.07, 6.45) is 3.55. The van der Waals surface area contributed by atoms with Crippen molar-refractivity contribution < 1.29 is 9.90 Å². The molecule has 0 amide bonds. The second kappa shape index (κ2) is 5.31. The molecule has 3 heterocycles. The van der Waals surface area contributed by atoms with Crippen LogP contribution in [0.25, 0.3) is 11.3 Å². The summed E-state index contributed by atoms with van der Waals surface area (Å²) in [4.78, 5) is 29.1. The van der Waals surface area contributed by atoms with E-state index in [2.05, 4.69) is 38.7 Å². The van der Waals surface area contributed by atoms with Gasteiger partial charge in [0.15, 0.2) is 17.1 Å². The number of aromatic amines is 1. The number of carboxylic acids is 1. The van der Waals surface area contributed by atoms with Crippen LogP contribution in [0.3, 0.4) is 0 Å². The van der Waals surface area contributed by atoms with Gasteiger partial charge in [-0.2, -0.15) is 0 Å². The Labute approximate surface area is 122 Å². The number of anilines is 1. The maximum atomic E-state index is 11.0. The topological polar surface area (TPSA) is 95.0 Å². The Morgan fingerprint density at radius 3 is 2.52 bits per heavy atom. The van der Waals surface area contributed by atoms with Crippen LogP contribution in [0.5, 0.6) is 0 Å². The second-order valence-corrected chi connectivity index (χ2v) is 5.70. The molecule has 1 fully saturated rings. The highest BCUT2D eigenvalue weighted by atomic mass is 16.4. The van der Waals surface area contributed by atoms with Gasteiger partial charge in [-0.25, -0.2) is 19.7 Å². The summed E-state index contributed by atoms with van der Waals surface area (Å²) >= 11 is 0. The molecule has 1 aliphatic rings. The molecule has 2 aromatic rings. The molecule has 1 aliphatic heterocycles. The minimum Gasteiger partial charge on any atom is -0.475 e. The van der Waals surface area contributed by atoms with Crippen LogP contribution in [-0.4, -0.2) is 44.1 Å². The molecular weight excluding hydrogens is 270 g/mol. The van der Waals surface area contributed by atoms with E-state index >= 15 is 0 Å². The van der Waals surface area contributed by atoms with Gasteiger partial charge < -0.3 is 15.0 Å². The van der Waals surface area contributed by atoms with Crippen LogP contribution in [0.2, 0.25) is 0 Å². The highest BCUT2D eigenvalue weighted by Crippen LogP contribution is 2.28. The molecule has 0 radical (unpaired) electrons. The molecular formula is C14H19N5O2. The summed E-state index contributed by atoms with van der Waals surface area (Å²) < 4.78 is 0. The van der Waals surface area contributed by atoms with Crippen molar-refractivity contribution in [1.29, 1.82) is 0 Å². The van der Waals surface area contributed by atoms with Crippen LogP contribution < -0.4 is 4.90 Å². The van der Waals surface area contributed by atoms with Crippen LogP contribution in [0.1, 0.15) is 55.3 Å². The SMILES string of the molecule is CC(C)c1nc2[nH]c(C(=O)O)nc2nc1N1CCCCC1. The van der Waals surface area contributed by atoms with Crippen LogP contribution >= 0.6 is 0 Å². The van der Waals surface area contributed by atoms with Gasteiger partial charge in [0.1, 0.15) is 0 Å². The zero-order chi connectivity index (χ0) is 15.0. The van der Waals surface area contributed by atoms with E-state index in [1.54, 1.807) is 0 Å². The first-order chi connectivity index (χ1) is 10.1. The lowest BCUT2D eigenvalue weighted by Crippen LogP contribution is -2.31. The number of H-pyrrole nitrogens is 1. The Morgan fingerprint density at radius 2 is 1.90 bits per heavy atom. The molecule has 2 N–H and O–H groups in total. The number of hydrogen-bond donors (Lipinski definition) is 2. The standard InChI is InChI=1S/C14H19N5O2/c1-8(2)9-13(19-6-4-3-5-7-19)18-11-10(15-9)16-12(17-11)14(20)21/h8H,3-7H2,1-2H3,(H,20,21)(H,15,16,17,18). The van der Waals surface area contributed by atoms with Crippen molar-refractivity contribution in [2.75, 3.05) is 18.0 Å². The summed E-state index contributed by atoms with van der Waals surface area (Å²) in [5.41, 5.74) is 1.71. The summed E-state index contributed by atoms with van der Waals surface area (Å²) in [7, 11) is 0. The second-order valence-electron chi connectivity index (χ2n) is 5.70. The lowest BCUT2D eigenvalue weighted by molar-refractivity contribution is 0.0685. The molecule has 0 saturated carbocycles. The lowest BCUT2D eigenvalue weighted by atomic mass is 10.1. The van der Waals surface area contributed by atoms with Gasteiger partial charge in [-0.05, 0) is 25.2 Å². The molecule has 0 bridgehead atoms. The summed E-state index contributed by atoms with van der Waals surface area (Å²) in [5, 5.41) is 9.02. The molecule has 21 heavy (non-hydrogen) atoms. The van der Waals surface area contributed by atoms with Crippen molar-refractivity contribution >= 4 is 23.1 Å². The molecule has 1 saturated heterocycles. The Balaban J connectivity index is 2.11. The minimum absolute atomic E-state index is 0.115. The quantitative estimate of drug-likeness (QED) is 0.899. The summed E-state index contributed by atoms with van der Waals surface area (Å²) in [6, 6.07) is 0. The molecule has 112 valence electrons. The zero-order valence-electron chi connectivity index (χ0n) is 12.3. The average Bonchev–Trinajstić information content (AvgIpc) is 2.90. The maximum absolute atomic E-state index is 11.0. The third kappa shape index (κ3) is 2.55. The van der Waals surface area contributed by atoms with E-state index in [4.69, 9.17) is 5.11 Å². The average molecular weight is 289 g/mol. The summed E-state index contributed by atoms with van der Waals surface area (Å²) in [5.74, 6) is -0.146. The van der Waals surface area contributed by atoms with Crippen molar-refractivity contribution in [3.63, 3.8) is 0 Å². The van der Waals surface area contributed by atoms with Crippen molar-refractivity contribution in [2.45, 2.75) is 39.0 Å². The third-order valence-electron chi connectivity index (χ3n) is 3.74. The van der Waals surface area contributed by atoms with Gasteiger partial charge >= 0.3 is 5.97 Å². The van der Waals surface area contributed by atoms with E-state index in [9.17, 15) is 4.79 Å². The Morgan fingerprint density at radius 1 is 1.19 bits per heavy atom. The van der Waals surface area contributed by atoms with Crippen LogP contribution in [-0.2, 0) is 0 Å². The molecule has 0 aliphatic carbocycles. The number of aromatic carboxylic acids is 1. The number of fused-ring (bicyclic) bond motifs is 1. The van der Waals surface area contributed by atoms with Crippen molar-refractivity contribution in [3.05, 3.63) is 11.5 Å². The highest BCUT2D eigenvalue weighted by molar-refractivity contribution is 5.87. The monoisotopic (exact) mass is 289 g/mol. The number of nitrogens with one attached hydrogen (secondary N) is 1. The van der Waals surface area contributed by atoms with E-state index in [-0.39, 0.29) is 11.7 Å². The zero-order valence-corrected chi connectivity index (χ0v) is 12.3. The molecule has 7 nitrogen and oxygen atoms in total. The van der Waals surface area contributed by atoms with Crippen molar-refractivity contribution in [1.82, 2.24) is 19.9 Å². The minimum atomic E-state index is -1.10. The van der Waals surface area contributed by atoms with Gasteiger partial charge in [0.25, 0.3) is 0 Å². The summed E-state index contributed by atoms with van der Waals surface area (Å²) in [6.45, 7) is 6.07. The first kappa shape index (κ1) is 13.8. The molecule has 0 aromatic carbocycles. The molecule has 7 heteroatoms. The number of carboxylic acid groups (broad SMARTS) is 1. The van der Waals surface area contributed by atoms with E-state index in [0.717, 1.165) is 37.4 Å². The Hall–Kier alpha value is -2.18. The molecule has 3 rings (SSSR count). The fourth-order valence-corrected chi connectivity index (χ4v) is 2.67. The molecule has 2 aromatic heterocycles. The normalized spacial score (nSPS) is 15.9. The van der Waals surface area contributed by atoms with Crippen LogP contribution in [0, 0.1) is 0 Å². The van der Waals surface area contributed by atoms with Gasteiger partial charge in [-0.1, -0.05) is 13.8 Å². The Kier molecular flexibility index (Phi) is 3.48. The van der Waals surface area contributed by atoms with Gasteiger partial charge in [0, 0.05) is 13.1 Å². The first-order valence-electron chi connectivity index (χ1n) is 7.32. The van der Waals surface area contributed by atoms with Gasteiger partial charge in [-0.15, -0.1) is 0 Å². The predicted octanol–water partition coefficient (Wildman–Crippen LogP) is 2.16. The number of imidazole rings is 1. The van der Waals surface area contributed by atoms with E-state index in [1.807, 2.05) is 0 Å².